The van der Waals surface area contributed by atoms with E-state index in [2.05, 4.69) is 10.5 Å². The van der Waals surface area contributed by atoms with Crippen molar-refractivity contribution in [2.24, 2.45) is 5.16 Å². The first-order valence-electron chi connectivity index (χ1n) is 8.13. The zero-order valence-corrected chi connectivity index (χ0v) is 14.0. The van der Waals surface area contributed by atoms with Gasteiger partial charge in [-0.25, -0.2) is 4.39 Å². The molecule has 8 heteroatoms. The third-order valence-electron chi connectivity index (χ3n) is 4.26. The minimum absolute atomic E-state index is 0.104. The number of carbonyl (C=O) groups is 2. The van der Waals surface area contributed by atoms with Crippen molar-refractivity contribution in [3.8, 4) is 0 Å². The summed E-state index contributed by atoms with van der Waals surface area (Å²) in [6.07, 6.45) is 0.202. The Kier molecular flexibility index (Phi) is 4.98. The number of oxime groups is 1. The molecule has 3 rings (SSSR count). The van der Waals surface area contributed by atoms with Gasteiger partial charge in [0.1, 0.15) is 5.82 Å². The zero-order chi connectivity index (χ0) is 17.9. The molecule has 2 amide bonds. The number of amides is 2. The molecule has 0 aliphatic carbocycles. The molecule has 2 aliphatic rings. The fraction of sp³-hybridized carbons (Fsp3) is 0.471. The van der Waals surface area contributed by atoms with Crippen LogP contribution >= 0.6 is 0 Å². The van der Waals surface area contributed by atoms with E-state index in [0.29, 0.717) is 37.6 Å². The van der Waals surface area contributed by atoms with Crippen LogP contribution in [0.5, 0.6) is 0 Å². The Morgan fingerprint density at radius 2 is 2.12 bits per heavy atom. The van der Waals surface area contributed by atoms with Crippen LogP contribution in [0.1, 0.15) is 18.9 Å². The summed E-state index contributed by atoms with van der Waals surface area (Å²) >= 11 is 0. The van der Waals surface area contributed by atoms with Gasteiger partial charge in [-0.1, -0.05) is 17.3 Å². The van der Waals surface area contributed by atoms with Crippen molar-refractivity contribution in [1.29, 1.82) is 0 Å². The molecule has 1 atom stereocenters. The van der Waals surface area contributed by atoms with Crippen molar-refractivity contribution in [3.05, 3.63) is 35.6 Å². The summed E-state index contributed by atoms with van der Waals surface area (Å²) in [5.41, 5.74) is -0.148. The fourth-order valence-corrected chi connectivity index (χ4v) is 2.75. The molecular weight excluding hydrogens is 329 g/mol. The van der Waals surface area contributed by atoms with E-state index >= 15 is 0 Å². The van der Waals surface area contributed by atoms with Gasteiger partial charge in [0, 0.05) is 25.1 Å². The summed E-state index contributed by atoms with van der Waals surface area (Å²) < 4.78 is 18.5. The second-order valence-corrected chi connectivity index (χ2v) is 6.22. The lowest BCUT2D eigenvalue weighted by Gasteiger charge is -2.27. The number of ether oxygens (including phenoxy) is 1. The number of morpholine rings is 1. The predicted molar refractivity (Wildman–Crippen MR) is 87.5 cm³/mol. The Morgan fingerprint density at radius 3 is 2.84 bits per heavy atom. The number of nitrogens with zero attached hydrogens (tertiary/aromatic N) is 2. The second kappa shape index (κ2) is 7.18. The molecule has 0 unspecified atom stereocenters. The molecule has 1 fully saturated rings. The zero-order valence-electron chi connectivity index (χ0n) is 14.0. The minimum atomic E-state index is -1.22. The quantitative estimate of drug-likeness (QED) is 0.867. The molecule has 1 aromatic carbocycles. The summed E-state index contributed by atoms with van der Waals surface area (Å²) in [5, 5.41) is 6.52. The maximum Gasteiger partial charge on any atom is 0.267 e. The number of benzene rings is 1. The van der Waals surface area contributed by atoms with Gasteiger partial charge >= 0.3 is 0 Å². The van der Waals surface area contributed by atoms with Crippen LogP contribution in [0, 0.1) is 5.82 Å². The standard InChI is InChI=1S/C17H20FN3O4/c1-17(10-14(20-25-17)12-3-2-4-13(18)9-12)16(23)19-11-15(22)21-5-7-24-8-6-21/h2-4,9H,5-8,10-11H2,1H3,(H,19,23)/t17-/m1/s1. The molecule has 7 nitrogen and oxygen atoms in total. The molecule has 25 heavy (non-hydrogen) atoms. The van der Waals surface area contributed by atoms with Gasteiger partial charge in [0.15, 0.2) is 0 Å². The maximum atomic E-state index is 13.3. The topological polar surface area (TPSA) is 80.2 Å². The molecule has 0 saturated carbocycles. The van der Waals surface area contributed by atoms with E-state index in [0.717, 1.165) is 0 Å². The third-order valence-corrected chi connectivity index (χ3v) is 4.26. The van der Waals surface area contributed by atoms with Crippen LogP contribution < -0.4 is 5.32 Å². The van der Waals surface area contributed by atoms with Crippen LogP contribution in [0.15, 0.2) is 29.4 Å². The number of rotatable bonds is 4. The highest BCUT2D eigenvalue weighted by Gasteiger charge is 2.42. The van der Waals surface area contributed by atoms with Gasteiger partial charge < -0.3 is 19.8 Å². The van der Waals surface area contributed by atoms with Gasteiger partial charge in [-0.15, -0.1) is 0 Å². The largest absolute Gasteiger partial charge is 0.379 e. The smallest absolute Gasteiger partial charge is 0.267 e. The van der Waals surface area contributed by atoms with E-state index in [-0.39, 0.29) is 24.7 Å². The molecule has 0 spiro atoms. The fourth-order valence-electron chi connectivity index (χ4n) is 2.75. The first kappa shape index (κ1) is 17.3. The molecule has 1 saturated heterocycles. The molecule has 0 bridgehead atoms. The molecule has 2 aliphatic heterocycles. The Hall–Kier alpha value is -2.48. The lowest BCUT2D eigenvalue weighted by atomic mass is 9.95. The van der Waals surface area contributed by atoms with E-state index in [1.54, 1.807) is 24.0 Å². The average Bonchev–Trinajstić information content (AvgIpc) is 3.04. The Labute approximate surface area is 144 Å². The summed E-state index contributed by atoms with van der Waals surface area (Å²) in [5.74, 6) is -0.969. The Morgan fingerprint density at radius 1 is 1.36 bits per heavy atom. The van der Waals surface area contributed by atoms with Crippen molar-refractivity contribution in [3.63, 3.8) is 0 Å². The summed E-state index contributed by atoms with van der Waals surface area (Å²) in [7, 11) is 0. The lowest BCUT2D eigenvalue weighted by Crippen LogP contribution is -2.50. The number of halogens is 1. The summed E-state index contributed by atoms with van der Waals surface area (Å²) in [4.78, 5) is 31.5. The second-order valence-electron chi connectivity index (χ2n) is 6.22. The van der Waals surface area contributed by atoms with Gasteiger partial charge in [-0.05, 0) is 19.1 Å². The molecule has 134 valence electrons. The molecule has 1 N–H and O–H groups in total. The van der Waals surface area contributed by atoms with Gasteiger partial charge in [0.05, 0.1) is 25.5 Å². The van der Waals surface area contributed by atoms with Gasteiger partial charge in [-0.2, -0.15) is 0 Å². The highest BCUT2D eigenvalue weighted by Crippen LogP contribution is 2.27. The van der Waals surface area contributed by atoms with Crippen LogP contribution in [-0.4, -0.2) is 60.9 Å². The predicted octanol–water partition coefficient (Wildman–Crippen LogP) is 0.684. The lowest BCUT2D eigenvalue weighted by molar-refractivity contribution is -0.144. The number of nitrogens with one attached hydrogen (secondary N) is 1. The highest BCUT2D eigenvalue weighted by molar-refractivity contribution is 6.05. The van der Waals surface area contributed by atoms with Gasteiger partial charge in [-0.3, -0.25) is 9.59 Å². The van der Waals surface area contributed by atoms with Crippen molar-refractivity contribution in [2.75, 3.05) is 32.8 Å². The van der Waals surface area contributed by atoms with E-state index in [9.17, 15) is 14.0 Å². The maximum absolute atomic E-state index is 13.3. The van der Waals surface area contributed by atoms with Crippen molar-refractivity contribution in [2.45, 2.75) is 18.9 Å². The molecular formula is C17H20FN3O4. The van der Waals surface area contributed by atoms with Crippen LogP contribution in [-0.2, 0) is 19.2 Å². The average molecular weight is 349 g/mol. The number of carbonyl (C=O) groups excluding carboxylic acids is 2. The van der Waals surface area contributed by atoms with Gasteiger partial charge in [0.25, 0.3) is 5.91 Å². The number of hydrogen-bond donors (Lipinski definition) is 1. The first-order chi connectivity index (χ1) is 12.0. The van der Waals surface area contributed by atoms with E-state index in [4.69, 9.17) is 9.57 Å². The Balaban J connectivity index is 1.55. The summed E-state index contributed by atoms with van der Waals surface area (Å²) in [6, 6.07) is 5.96. The van der Waals surface area contributed by atoms with Crippen LogP contribution in [0.2, 0.25) is 0 Å². The van der Waals surface area contributed by atoms with Crippen LogP contribution in [0.4, 0.5) is 4.39 Å². The summed E-state index contributed by atoms with van der Waals surface area (Å²) in [6.45, 7) is 3.55. The monoisotopic (exact) mass is 349 g/mol. The van der Waals surface area contributed by atoms with Gasteiger partial charge in [0.2, 0.25) is 11.5 Å². The van der Waals surface area contributed by atoms with Crippen molar-refractivity contribution >= 4 is 17.5 Å². The van der Waals surface area contributed by atoms with E-state index < -0.39 is 11.5 Å². The molecule has 0 radical (unpaired) electrons. The SMILES string of the molecule is C[C@]1(C(=O)NCC(=O)N2CCOCC2)CC(c2cccc(F)c2)=NO1. The molecule has 1 aromatic rings. The number of hydrogen-bond acceptors (Lipinski definition) is 5. The third kappa shape index (κ3) is 3.96. The molecule has 2 heterocycles. The normalized spacial score (nSPS) is 23.0. The van der Waals surface area contributed by atoms with Crippen LogP contribution in [0.3, 0.4) is 0 Å². The highest BCUT2D eigenvalue weighted by atomic mass is 19.1. The minimum Gasteiger partial charge on any atom is -0.379 e. The van der Waals surface area contributed by atoms with E-state index in [1.165, 1.54) is 12.1 Å². The first-order valence-corrected chi connectivity index (χ1v) is 8.13. The van der Waals surface area contributed by atoms with Crippen molar-refractivity contribution < 1.29 is 23.6 Å². The van der Waals surface area contributed by atoms with Crippen molar-refractivity contribution in [1.82, 2.24) is 10.2 Å². The molecule has 0 aromatic heterocycles. The van der Waals surface area contributed by atoms with E-state index in [1.807, 2.05) is 0 Å². The van der Waals surface area contributed by atoms with Crippen LogP contribution in [0.25, 0.3) is 0 Å². The Bertz CT molecular complexity index is 703.